The highest BCUT2D eigenvalue weighted by Crippen LogP contribution is 2.35. The third kappa shape index (κ3) is 7.01. The minimum Gasteiger partial charge on any atom is -0.492 e. The second-order valence-electron chi connectivity index (χ2n) is 8.76. The number of carbonyl (C=O) groups is 1. The van der Waals surface area contributed by atoms with Crippen LogP contribution in [0.2, 0.25) is 0 Å². The van der Waals surface area contributed by atoms with Gasteiger partial charge in [0.25, 0.3) is 0 Å². The van der Waals surface area contributed by atoms with E-state index in [1.807, 2.05) is 0 Å². The lowest BCUT2D eigenvalue weighted by Crippen LogP contribution is -2.35. The molecule has 1 aliphatic rings. The molecular formula is C26H27F3N2O7. The van der Waals surface area contributed by atoms with Crippen LogP contribution in [0.15, 0.2) is 45.9 Å². The first-order valence-electron chi connectivity index (χ1n) is 12.1. The van der Waals surface area contributed by atoms with E-state index in [-0.39, 0.29) is 46.6 Å². The van der Waals surface area contributed by atoms with Gasteiger partial charge in [0.15, 0.2) is 0 Å². The predicted molar refractivity (Wildman–Crippen MR) is 130 cm³/mol. The van der Waals surface area contributed by atoms with Gasteiger partial charge in [-0.05, 0) is 37.5 Å². The van der Waals surface area contributed by atoms with Gasteiger partial charge in [-0.1, -0.05) is 0 Å². The van der Waals surface area contributed by atoms with Gasteiger partial charge in [-0.15, -0.1) is 0 Å². The third-order valence-electron chi connectivity index (χ3n) is 6.01. The number of hydrogen-bond donors (Lipinski definition) is 1. The summed E-state index contributed by atoms with van der Waals surface area (Å²) in [5.74, 6) is -0.639. The lowest BCUT2D eigenvalue weighted by molar-refractivity contribution is -0.137. The van der Waals surface area contributed by atoms with Crippen LogP contribution in [0, 0.1) is 0 Å². The smallest absolute Gasteiger partial charge is 0.416 e. The minimum atomic E-state index is -4.55. The molecule has 0 spiro atoms. The quantitative estimate of drug-likeness (QED) is 0.357. The van der Waals surface area contributed by atoms with Gasteiger partial charge >= 0.3 is 12.1 Å². The molecule has 9 nitrogen and oxygen atoms in total. The van der Waals surface area contributed by atoms with Crippen LogP contribution >= 0.6 is 0 Å². The molecular weight excluding hydrogens is 509 g/mol. The molecule has 0 saturated carbocycles. The summed E-state index contributed by atoms with van der Waals surface area (Å²) in [6, 6.07) is 4.32. The molecule has 1 fully saturated rings. The number of benzene rings is 1. The van der Waals surface area contributed by atoms with Crippen molar-refractivity contribution in [2.45, 2.75) is 32.0 Å². The van der Waals surface area contributed by atoms with Gasteiger partial charge in [0, 0.05) is 30.7 Å². The van der Waals surface area contributed by atoms with Crippen LogP contribution in [0.5, 0.6) is 11.5 Å². The van der Waals surface area contributed by atoms with Crippen molar-refractivity contribution in [2.75, 3.05) is 39.5 Å². The molecule has 38 heavy (non-hydrogen) atoms. The highest BCUT2D eigenvalue weighted by Gasteiger charge is 2.31. The standard InChI is InChI=1S/C26H27F3N2O7/c27-26(28,29)17-4-5-19-21(12-17)30-14-20(25(33)34)24(19)37-9-3-1-2-8-36-23-16-38-18(13-22(23)32)15-31-6-10-35-11-7-31/h4-5,12-14,16H,1-3,6-11,15H2,(H,33,34). The van der Waals surface area contributed by atoms with E-state index in [4.69, 9.17) is 18.6 Å². The molecule has 0 aliphatic carbocycles. The van der Waals surface area contributed by atoms with Gasteiger partial charge in [0.1, 0.15) is 23.3 Å². The Hall–Kier alpha value is -3.64. The molecule has 4 rings (SSSR count). The van der Waals surface area contributed by atoms with Gasteiger partial charge in [0.2, 0.25) is 11.2 Å². The largest absolute Gasteiger partial charge is 0.492 e. The molecule has 0 radical (unpaired) electrons. The number of alkyl halides is 3. The van der Waals surface area contributed by atoms with Crippen LogP contribution in [0.1, 0.15) is 40.9 Å². The lowest BCUT2D eigenvalue weighted by Gasteiger charge is -2.25. The topological polar surface area (TPSA) is 111 Å². The number of pyridine rings is 1. The fourth-order valence-electron chi connectivity index (χ4n) is 4.00. The van der Waals surface area contributed by atoms with Gasteiger partial charge in [-0.3, -0.25) is 14.7 Å². The Kier molecular flexibility index (Phi) is 8.85. The Morgan fingerprint density at radius 2 is 1.82 bits per heavy atom. The van der Waals surface area contributed by atoms with Crippen molar-refractivity contribution >= 4 is 16.9 Å². The average Bonchev–Trinajstić information content (AvgIpc) is 2.88. The van der Waals surface area contributed by atoms with E-state index in [0.29, 0.717) is 44.8 Å². The molecule has 0 unspecified atom stereocenters. The molecule has 12 heteroatoms. The van der Waals surface area contributed by atoms with Crippen molar-refractivity contribution in [3.05, 3.63) is 63.8 Å². The van der Waals surface area contributed by atoms with E-state index >= 15 is 0 Å². The van der Waals surface area contributed by atoms with Gasteiger partial charge in [0.05, 0.1) is 44.1 Å². The summed E-state index contributed by atoms with van der Waals surface area (Å²) in [5, 5.41) is 9.64. The number of fused-ring (bicyclic) bond motifs is 1. The normalized spacial score (nSPS) is 14.5. The van der Waals surface area contributed by atoms with Crippen LogP contribution in [0.3, 0.4) is 0 Å². The van der Waals surface area contributed by atoms with Crippen LogP contribution in [-0.2, 0) is 17.5 Å². The van der Waals surface area contributed by atoms with Gasteiger partial charge in [-0.2, -0.15) is 13.2 Å². The number of aromatic nitrogens is 1. The molecule has 3 heterocycles. The van der Waals surface area contributed by atoms with E-state index < -0.39 is 17.7 Å². The number of rotatable bonds is 11. The molecule has 0 amide bonds. The van der Waals surface area contributed by atoms with Crippen LogP contribution in [-0.4, -0.2) is 60.5 Å². The Morgan fingerprint density at radius 1 is 1.08 bits per heavy atom. The molecule has 1 saturated heterocycles. The molecule has 3 aromatic rings. The van der Waals surface area contributed by atoms with Crippen molar-refractivity contribution in [3.63, 3.8) is 0 Å². The fourth-order valence-corrected chi connectivity index (χ4v) is 4.00. The Labute approximate surface area is 215 Å². The maximum atomic E-state index is 13.0. The maximum absolute atomic E-state index is 13.0. The lowest BCUT2D eigenvalue weighted by atomic mass is 10.1. The first-order chi connectivity index (χ1) is 18.2. The van der Waals surface area contributed by atoms with Crippen LogP contribution < -0.4 is 14.9 Å². The second kappa shape index (κ2) is 12.3. The summed E-state index contributed by atoms with van der Waals surface area (Å²) in [5.41, 5.74) is -1.39. The second-order valence-corrected chi connectivity index (χ2v) is 8.76. The number of halogens is 3. The van der Waals surface area contributed by atoms with Crippen LogP contribution in [0.25, 0.3) is 10.9 Å². The molecule has 1 aromatic carbocycles. The van der Waals surface area contributed by atoms with E-state index in [1.54, 1.807) is 0 Å². The van der Waals surface area contributed by atoms with E-state index in [2.05, 4.69) is 9.88 Å². The number of morpholine rings is 1. The Morgan fingerprint density at radius 3 is 2.50 bits per heavy atom. The Bertz CT molecular complexity index is 1320. The fraction of sp³-hybridized carbons (Fsp3) is 0.423. The number of carboxylic acids is 1. The first-order valence-corrected chi connectivity index (χ1v) is 12.1. The highest BCUT2D eigenvalue weighted by molar-refractivity contribution is 5.98. The van der Waals surface area contributed by atoms with E-state index in [9.17, 15) is 27.9 Å². The summed E-state index contributed by atoms with van der Waals surface area (Å²) >= 11 is 0. The third-order valence-corrected chi connectivity index (χ3v) is 6.01. The van der Waals surface area contributed by atoms with Crippen molar-refractivity contribution in [2.24, 2.45) is 0 Å². The minimum absolute atomic E-state index is 0.0111. The number of unbranched alkanes of at least 4 members (excludes halogenated alkanes) is 2. The summed E-state index contributed by atoms with van der Waals surface area (Å²) in [4.78, 5) is 29.9. The van der Waals surface area contributed by atoms with Gasteiger partial charge < -0.3 is 23.7 Å². The van der Waals surface area contributed by atoms with Gasteiger partial charge in [-0.25, -0.2) is 4.79 Å². The monoisotopic (exact) mass is 536 g/mol. The molecule has 2 aromatic heterocycles. The first kappa shape index (κ1) is 27.4. The predicted octanol–water partition coefficient (Wildman–Crippen LogP) is 4.37. The maximum Gasteiger partial charge on any atom is 0.416 e. The van der Waals surface area contributed by atoms with Crippen molar-refractivity contribution < 1.29 is 41.7 Å². The number of ether oxygens (including phenoxy) is 3. The number of carboxylic acid groups (broad SMARTS) is 1. The Balaban J connectivity index is 1.26. The summed E-state index contributed by atoms with van der Waals surface area (Å²) in [6.07, 6.45) is -0.476. The summed E-state index contributed by atoms with van der Waals surface area (Å²) in [7, 11) is 0. The summed E-state index contributed by atoms with van der Waals surface area (Å²) in [6.45, 7) is 3.79. The van der Waals surface area contributed by atoms with Crippen molar-refractivity contribution in [1.29, 1.82) is 0 Å². The SMILES string of the molecule is O=C(O)c1cnc2cc(C(F)(F)F)ccc2c1OCCCCCOc1coc(CN2CCOCC2)cc1=O. The van der Waals surface area contributed by atoms with Crippen molar-refractivity contribution in [3.8, 4) is 11.5 Å². The van der Waals surface area contributed by atoms with E-state index in [1.165, 1.54) is 18.4 Å². The zero-order valence-electron chi connectivity index (χ0n) is 20.5. The van der Waals surface area contributed by atoms with Crippen LogP contribution in [0.4, 0.5) is 13.2 Å². The molecule has 1 aliphatic heterocycles. The average molecular weight is 537 g/mol. The molecule has 1 N–H and O–H groups in total. The van der Waals surface area contributed by atoms with Crippen molar-refractivity contribution in [1.82, 2.24) is 9.88 Å². The number of hydrogen-bond acceptors (Lipinski definition) is 8. The summed E-state index contributed by atoms with van der Waals surface area (Å²) < 4.78 is 61.1. The molecule has 204 valence electrons. The number of nitrogens with zero attached hydrogens (tertiary/aromatic N) is 2. The van der Waals surface area contributed by atoms with E-state index in [0.717, 1.165) is 31.4 Å². The zero-order valence-corrected chi connectivity index (χ0v) is 20.5. The molecule has 0 atom stereocenters. The zero-order chi connectivity index (χ0) is 27.1. The number of aromatic carboxylic acids is 1. The highest BCUT2D eigenvalue weighted by atomic mass is 19.4. The molecule has 0 bridgehead atoms.